The average molecular weight is 349 g/mol. The fourth-order valence-electron chi connectivity index (χ4n) is 2.75. The maximum absolute atomic E-state index is 12.7. The van der Waals surface area contributed by atoms with E-state index in [1.807, 2.05) is 17.9 Å². The zero-order chi connectivity index (χ0) is 18.0. The molecule has 0 saturated carbocycles. The highest BCUT2D eigenvalue weighted by atomic mass is 19.4. The molecule has 0 unspecified atom stereocenters. The summed E-state index contributed by atoms with van der Waals surface area (Å²) < 4.78 is 38.1. The van der Waals surface area contributed by atoms with E-state index in [4.69, 9.17) is 0 Å². The number of carbonyl (C=O) groups excluding carboxylic acids is 1. The van der Waals surface area contributed by atoms with E-state index >= 15 is 0 Å². The quantitative estimate of drug-likeness (QED) is 0.843. The lowest BCUT2D eigenvalue weighted by molar-refractivity contribution is -0.137. The summed E-state index contributed by atoms with van der Waals surface area (Å²) in [4.78, 5) is 22.4. The van der Waals surface area contributed by atoms with Crippen molar-refractivity contribution in [1.29, 1.82) is 0 Å². The highest BCUT2D eigenvalue weighted by Crippen LogP contribution is 2.31. The third-order valence-electron chi connectivity index (χ3n) is 4.24. The minimum atomic E-state index is -4.36. The van der Waals surface area contributed by atoms with Crippen LogP contribution < -0.4 is 4.90 Å². The van der Waals surface area contributed by atoms with Gasteiger partial charge in [-0.1, -0.05) is 19.1 Å². The first-order valence-corrected chi connectivity index (χ1v) is 8.19. The number of piperidine rings is 1. The van der Waals surface area contributed by atoms with E-state index < -0.39 is 11.7 Å². The predicted molar refractivity (Wildman–Crippen MR) is 88.3 cm³/mol. The normalized spacial score (nSPS) is 15.5. The number of benzene rings is 1. The number of anilines is 1. The standard InChI is InChI=1S/C18H18F3N3O/c1-2-14-11-16(24-9-7-15(25)8-10-24)23-17(22-14)12-3-5-13(6-4-12)18(19,20)21/h3-6,11H,2,7-10H2,1H3. The summed E-state index contributed by atoms with van der Waals surface area (Å²) >= 11 is 0. The third-order valence-corrected chi connectivity index (χ3v) is 4.24. The summed E-state index contributed by atoms with van der Waals surface area (Å²) in [6.45, 7) is 3.17. The molecule has 1 saturated heterocycles. The van der Waals surface area contributed by atoms with Crippen molar-refractivity contribution in [2.24, 2.45) is 0 Å². The van der Waals surface area contributed by atoms with Crippen LogP contribution in [-0.2, 0) is 17.4 Å². The summed E-state index contributed by atoms with van der Waals surface area (Å²) in [5, 5.41) is 0. The van der Waals surface area contributed by atoms with Crippen LogP contribution in [0.4, 0.5) is 19.0 Å². The zero-order valence-corrected chi connectivity index (χ0v) is 13.8. The van der Waals surface area contributed by atoms with Crippen LogP contribution in [-0.4, -0.2) is 28.8 Å². The van der Waals surface area contributed by atoms with Crippen LogP contribution in [0, 0.1) is 0 Å². The molecule has 3 rings (SSSR count). The molecule has 0 N–H and O–H groups in total. The summed E-state index contributed by atoms with van der Waals surface area (Å²) in [5.74, 6) is 1.36. The highest BCUT2D eigenvalue weighted by molar-refractivity contribution is 5.80. The molecule has 0 atom stereocenters. The first kappa shape index (κ1) is 17.4. The molecule has 2 heterocycles. The second kappa shape index (κ2) is 6.82. The van der Waals surface area contributed by atoms with E-state index in [1.165, 1.54) is 12.1 Å². The van der Waals surface area contributed by atoms with Gasteiger partial charge in [0.1, 0.15) is 11.6 Å². The summed E-state index contributed by atoms with van der Waals surface area (Å²) in [6, 6.07) is 6.73. The Bertz CT molecular complexity index is 762. The van der Waals surface area contributed by atoms with Crippen LogP contribution in [0.2, 0.25) is 0 Å². The van der Waals surface area contributed by atoms with Crippen molar-refractivity contribution in [3.05, 3.63) is 41.6 Å². The molecule has 0 amide bonds. The summed E-state index contributed by atoms with van der Waals surface area (Å²) in [7, 11) is 0. The van der Waals surface area contributed by atoms with Crippen LogP contribution in [0.25, 0.3) is 11.4 Å². The number of Topliss-reactive ketones (excluding diaryl/α,β-unsaturated/α-hetero) is 1. The largest absolute Gasteiger partial charge is 0.416 e. The SMILES string of the molecule is CCc1cc(N2CCC(=O)CC2)nc(-c2ccc(C(F)(F)F)cc2)n1. The number of halogens is 3. The monoisotopic (exact) mass is 349 g/mol. The molecule has 1 aliphatic rings. The average Bonchev–Trinajstić information content (AvgIpc) is 2.61. The Balaban J connectivity index is 1.93. The number of alkyl halides is 3. The molecule has 1 aliphatic heterocycles. The molecule has 0 radical (unpaired) electrons. The molecule has 0 spiro atoms. The lowest BCUT2D eigenvalue weighted by Gasteiger charge is -2.27. The Kier molecular flexibility index (Phi) is 4.74. The number of aromatic nitrogens is 2. The van der Waals surface area contributed by atoms with Gasteiger partial charge in [-0.25, -0.2) is 9.97 Å². The third kappa shape index (κ3) is 3.97. The summed E-state index contributed by atoms with van der Waals surface area (Å²) in [6.07, 6.45) is -2.70. The molecule has 2 aromatic rings. The van der Waals surface area contributed by atoms with E-state index in [0.29, 0.717) is 49.6 Å². The van der Waals surface area contributed by atoms with Crippen LogP contribution in [0.15, 0.2) is 30.3 Å². The molecule has 0 bridgehead atoms. The van der Waals surface area contributed by atoms with Crippen molar-refractivity contribution < 1.29 is 18.0 Å². The van der Waals surface area contributed by atoms with E-state index in [2.05, 4.69) is 9.97 Å². The predicted octanol–water partition coefficient (Wildman–Crippen LogP) is 3.89. The Hall–Kier alpha value is -2.44. The van der Waals surface area contributed by atoms with Gasteiger partial charge in [-0.15, -0.1) is 0 Å². The van der Waals surface area contributed by atoms with Crippen LogP contribution >= 0.6 is 0 Å². The van der Waals surface area contributed by atoms with Gasteiger partial charge in [-0.05, 0) is 18.6 Å². The number of hydrogen-bond acceptors (Lipinski definition) is 4. The van der Waals surface area contributed by atoms with Gasteiger partial charge in [0, 0.05) is 43.3 Å². The molecule has 4 nitrogen and oxygen atoms in total. The number of nitrogens with zero attached hydrogens (tertiary/aromatic N) is 3. The molecule has 1 aromatic heterocycles. The van der Waals surface area contributed by atoms with Gasteiger partial charge in [-0.2, -0.15) is 13.2 Å². The Morgan fingerprint density at radius 2 is 1.72 bits per heavy atom. The van der Waals surface area contributed by atoms with Crippen molar-refractivity contribution in [2.75, 3.05) is 18.0 Å². The van der Waals surface area contributed by atoms with Gasteiger partial charge in [0.05, 0.1) is 5.56 Å². The second-order valence-electron chi connectivity index (χ2n) is 6.00. The highest BCUT2D eigenvalue weighted by Gasteiger charge is 2.30. The van der Waals surface area contributed by atoms with E-state index in [1.54, 1.807) is 0 Å². The molecule has 1 aromatic carbocycles. The van der Waals surface area contributed by atoms with Crippen LogP contribution in [0.3, 0.4) is 0 Å². The fourth-order valence-corrected chi connectivity index (χ4v) is 2.75. The molecule has 132 valence electrons. The number of ketones is 1. The Labute approximate surface area is 143 Å². The summed E-state index contributed by atoms with van der Waals surface area (Å²) in [5.41, 5.74) is 0.659. The maximum atomic E-state index is 12.7. The topological polar surface area (TPSA) is 46.1 Å². The van der Waals surface area contributed by atoms with Gasteiger partial charge in [-0.3, -0.25) is 4.79 Å². The number of rotatable bonds is 3. The van der Waals surface area contributed by atoms with Crippen LogP contribution in [0.5, 0.6) is 0 Å². The zero-order valence-electron chi connectivity index (χ0n) is 13.8. The molecule has 7 heteroatoms. The molecule has 0 aliphatic carbocycles. The van der Waals surface area contributed by atoms with Crippen LogP contribution in [0.1, 0.15) is 31.0 Å². The van der Waals surface area contributed by atoms with Gasteiger partial charge in [0.2, 0.25) is 0 Å². The van der Waals surface area contributed by atoms with Crippen molar-refractivity contribution in [1.82, 2.24) is 9.97 Å². The maximum Gasteiger partial charge on any atom is 0.416 e. The Morgan fingerprint density at radius 1 is 1.08 bits per heavy atom. The lowest BCUT2D eigenvalue weighted by Crippen LogP contribution is -2.34. The number of carbonyl (C=O) groups is 1. The van der Waals surface area contributed by atoms with E-state index in [-0.39, 0.29) is 5.78 Å². The smallest absolute Gasteiger partial charge is 0.356 e. The van der Waals surface area contributed by atoms with Crippen molar-refractivity contribution in [3.63, 3.8) is 0 Å². The van der Waals surface area contributed by atoms with E-state index in [0.717, 1.165) is 17.8 Å². The lowest BCUT2D eigenvalue weighted by atomic mass is 10.1. The molecule has 25 heavy (non-hydrogen) atoms. The molecular weight excluding hydrogens is 331 g/mol. The number of hydrogen-bond donors (Lipinski definition) is 0. The van der Waals surface area contributed by atoms with Crippen molar-refractivity contribution in [2.45, 2.75) is 32.4 Å². The van der Waals surface area contributed by atoms with Gasteiger partial charge >= 0.3 is 6.18 Å². The fraction of sp³-hybridized carbons (Fsp3) is 0.389. The van der Waals surface area contributed by atoms with Crippen molar-refractivity contribution >= 4 is 11.6 Å². The van der Waals surface area contributed by atoms with Gasteiger partial charge < -0.3 is 4.90 Å². The minimum absolute atomic E-state index is 0.240. The van der Waals surface area contributed by atoms with Gasteiger partial charge in [0.15, 0.2) is 5.82 Å². The second-order valence-corrected chi connectivity index (χ2v) is 6.00. The first-order chi connectivity index (χ1) is 11.9. The minimum Gasteiger partial charge on any atom is -0.356 e. The van der Waals surface area contributed by atoms with Crippen molar-refractivity contribution in [3.8, 4) is 11.4 Å². The Morgan fingerprint density at radius 3 is 2.28 bits per heavy atom. The van der Waals surface area contributed by atoms with E-state index in [9.17, 15) is 18.0 Å². The molecule has 1 fully saturated rings. The first-order valence-electron chi connectivity index (χ1n) is 8.19. The van der Waals surface area contributed by atoms with Gasteiger partial charge in [0.25, 0.3) is 0 Å². The number of aryl methyl sites for hydroxylation is 1. The molecular formula is C18H18F3N3O.